The molecule has 1 aromatic carbocycles. The van der Waals surface area contributed by atoms with Crippen molar-refractivity contribution >= 4 is 11.4 Å². The van der Waals surface area contributed by atoms with E-state index in [1.165, 1.54) is 6.07 Å². The minimum absolute atomic E-state index is 0.0211. The Morgan fingerprint density at radius 3 is 2.53 bits per heavy atom. The van der Waals surface area contributed by atoms with Gasteiger partial charge in [-0.15, -0.1) is 0 Å². The topological polar surface area (TPSA) is 58.3 Å². The highest BCUT2D eigenvalue weighted by atomic mass is 19.2. The molecule has 0 aliphatic carbocycles. The Morgan fingerprint density at radius 2 is 2.00 bits per heavy atom. The molecule has 0 spiro atoms. The molecule has 0 heterocycles. The summed E-state index contributed by atoms with van der Waals surface area (Å²) in [6, 6.07) is 2.15. The van der Waals surface area contributed by atoms with Crippen LogP contribution in [-0.2, 0) is 0 Å². The van der Waals surface area contributed by atoms with Gasteiger partial charge in [0.15, 0.2) is 11.6 Å². The Kier molecular flexibility index (Phi) is 4.69. The largest absolute Gasteiger partial charge is 0.397 e. The third kappa shape index (κ3) is 3.30. The lowest BCUT2D eigenvalue weighted by Crippen LogP contribution is -2.28. The number of nitrogen functional groups attached to an aromatic ring is 1. The smallest absolute Gasteiger partial charge is 0.183 e. The molecule has 3 nitrogen and oxygen atoms in total. The van der Waals surface area contributed by atoms with Crippen molar-refractivity contribution in [3.8, 4) is 0 Å². The molecule has 1 rings (SSSR count). The minimum Gasteiger partial charge on any atom is -0.397 e. The van der Waals surface area contributed by atoms with Crippen LogP contribution in [-0.4, -0.2) is 17.8 Å². The lowest BCUT2D eigenvalue weighted by Gasteiger charge is -2.24. The number of benzene rings is 1. The number of aliphatic hydroxyl groups excluding tert-OH is 1. The fourth-order valence-electron chi connectivity index (χ4n) is 1.61. The van der Waals surface area contributed by atoms with E-state index >= 15 is 0 Å². The Morgan fingerprint density at radius 1 is 1.35 bits per heavy atom. The van der Waals surface area contributed by atoms with Gasteiger partial charge in [-0.25, -0.2) is 8.78 Å². The SMILES string of the molecule is CC(C)C(CCO)Nc1c(N)ccc(F)c1F. The molecule has 0 saturated carbocycles. The van der Waals surface area contributed by atoms with Crippen molar-refractivity contribution in [2.45, 2.75) is 26.3 Å². The van der Waals surface area contributed by atoms with Crippen molar-refractivity contribution in [3.63, 3.8) is 0 Å². The number of nitrogens with one attached hydrogen (secondary N) is 1. The summed E-state index contributed by atoms with van der Waals surface area (Å²) in [6.45, 7) is 3.84. The van der Waals surface area contributed by atoms with E-state index in [1.807, 2.05) is 13.8 Å². The van der Waals surface area contributed by atoms with E-state index in [0.29, 0.717) is 6.42 Å². The van der Waals surface area contributed by atoms with Gasteiger partial charge >= 0.3 is 0 Å². The number of hydrogen-bond donors (Lipinski definition) is 3. The van der Waals surface area contributed by atoms with Gasteiger partial charge in [-0.3, -0.25) is 0 Å². The van der Waals surface area contributed by atoms with Crippen LogP contribution in [0.3, 0.4) is 0 Å². The molecule has 96 valence electrons. The first-order valence-corrected chi connectivity index (χ1v) is 5.58. The Bertz CT molecular complexity index is 383. The summed E-state index contributed by atoms with van der Waals surface area (Å²) in [5, 5.41) is 11.8. The van der Waals surface area contributed by atoms with E-state index in [-0.39, 0.29) is 29.9 Å². The maximum absolute atomic E-state index is 13.5. The van der Waals surface area contributed by atoms with E-state index in [1.54, 1.807) is 0 Å². The molecule has 0 amide bonds. The Balaban J connectivity index is 2.96. The highest BCUT2D eigenvalue weighted by Crippen LogP contribution is 2.27. The zero-order valence-electron chi connectivity index (χ0n) is 10.0. The van der Waals surface area contributed by atoms with E-state index < -0.39 is 11.6 Å². The van der Waals surface area contributed by atoms with Gasteiger partial charge in [0.25, 0.3) is 0 Å². The van der Waals surface area contributed by atoms with Gasteiger partial charge < -0.3 is 16.2 Å². The summed E-state index contributed by atoms with van der Waals surface area (Å²) in [7, 11) is 0. The molecule has 0 bridgehead atoms. The van der Waals surface area contributed by atoms with E-state index in [9.17, 15) is 8.78 Å². The van der Waals surface area contributed by atoms with Crippen molar-refractivity contribution < 1.29 is 13.9 Å². The lowest BCUT2D eigenvalue weighted by molar-refractivity contribution is 0.267. The van der Waals surface area contributed by atoms with E-state index in [2.05, 4.69) is 5.32 Å². The van der Waals surface area contributed by atoms with E-state index in [4.69, 9.17) is 10.8 Å². The Labute approximate surface area is 99.6 Å². The van der Waals surface area contributed by atoms with Crippen LogP contribution in [0.15, 0.2) is 12.1 Å². The number of rotatable bonds is 5. The maximum atomic E-state index is 13.5. The molecule has 0 radical (unpaired) electrons. The summed E-state index contributed by atoms with van der Waals surface area (Å²) in [6.07, 6.45) is 0.451. The average Bonchev–Trinajstić information content (AvgIpc) is 2.28. The number of aliphatic hydroxyl groups is 1. The van der Waals surface area contributed by atoms with Gasteiger partial charge in [0, 0.05) is 12.6 Å². The number of halogens is 2. The number of hydrogen-bond acceptors (Lipinski definition) is 3. The first-order chi connectivity index (χ1) is 7.97. The van der Waals surface area contributed by atoms with Gasteiger partial charge in [0.1, 0.15) is 0 Å². The fraction of sp³-hybridized carbons (Fsp3) is 0.500. The summed E-state index contributed by atoms with van der Waals surface area (Å²) in [4.78, 5) is 0. The van der Waals surface area contributed by atoms with Crippen molar-refractivity contribution in [2.75, 3.05) is 17.7 Å². The minimum atomic E-state index is -0.978. The van der Waals surface area contributed by atoms with E-state index in [0.717, 1.165) is 6.07 Å². The molecular formula is C12H18F2N2O. The van der Waals surface area contributed by atoms with Crippen LogP contribution < -0.4 is 11.1 Å². The Hall–Kier alpha value is -1.36. The van der Waals surface area contributed by atoms with Crippen molar-refractivity contribution in [1.82, 2.24) is 0 Å². The molecule has 1 atom stereocenters. The second kappa shape index (κ2) is 5.82. The van der Waals surface area contributed by atoms with Gasteiger partial charge in [0.2, 0.25) is 0 Å². The average molecular weight is 244 g/mol. The van der Waals surface area contributed by atoms with Crippen molar-refractivity contribution in [1.29, 1.82) is 0 Å². The highest BCUT2D eigenvalue weighted by molar-refractivity contribution is 5.67. The first kappa shape index (κ1) is 13.7. The number of anilines is 2. The normalized spacial score (nSPS) is 12.8. The zero-order chi connectivity index (χ0) is 13.0. The predicted octanol–water partition coefficient (Wildman–Crippen LogP) is 2.37. The van der Waals surface area contributed by atoms with Crippen LogP contribution >= 0.6 is 0 Å². The molecule has 0 aromatic heterocycles. The monoisotopic (exact) mass is 244 g/mol. The maximum Gasteiger partial charge on any atom is 0.183 e. The van der Waals surface area contributed by atoms with Crippen LogP contribution in [0.2, 0.25) is 0 Å². The molecule has 0 aliphatic rings. The third-order valence-electron chi connectivity index (χ3n) is 2.70. The fourth-order valence-corrected chi connectivity index (χ4v) is 1.61. The molecule has 0 aliphatic heterocycles. The molecule has 5 heteroatoms. The third-order valence-corrected chi connectivity index (χ3v) is 2.70. The van der Waals surface area contributed by atoms with Gasteiger partial charge in [0.05, 0.1) is 11.4 Å². The summed E-state index contributed by atoms with van der Waals surface area (Å²) < 4.78 is 26.6. The van der Waals surface area contributed by atoms with Gasteiger partial charge in [-0.1, -0.05) is 13.8 Å². The lowest BCUT2D eigenvalue weighted by atomic mass is 10.0. The molecular weight excluding hydrogens is 226 g/mol. The second-order valence-electron chi connectivity index (χ2n) is 4.33. The van der Waals surface area contributed by atoms with Crippen molar-refractivity contribution in [2.24, 2.45) is 5.92 Å². The predicted molar refractivity (Wildman–Crippen MR) is 64.7 cm³/mol. The van der Waals surface area contributed by atoms with Crippen LogP contribution in [0.4, 0.5) is 20.2 Å². The van der Waals surface area contributed by atoms with Crippen LogP contribution in [0.1, 0.15) is 20.3 Å². The molecule has 17 heavy (non-hydrogen) atoms. The quantitative estimate of drug-likeness (QED) is 0.697. The van der Waals surface area contributed by atoms with Crippen molar-refractivity contribution in [3.05, 3.63) is 23.8 Å². The van der Waals surface area contributed by atoms with Gasteiger partial charge in [-0.2, -0.15) is 0 Å². The highest BCUT2D eigenvalue weighted by Gasteiger charge is 2.18. The summed E-state index contributed by atoms with van der Waals surface area (Å²) >= 11 is 0. The molecule has 4 N–H and O–H groups in total. The molecule has 1 aromatic rings. The molecule has 0 saturated heterocycles. The standard InChI is InChI=1S/C12H18F2N2O/c1-7(2)10(5-6-17)16-12-9(15)4-3-8(13)11(12)14/h3-4,7,10,16-17H,5-6,15H2,1-2H3. The number of nitrogens with two attached hydrogens (primary N) is 1. The van der Waals surface area contributed by atoms with Crippen LogP contribution in [0, 0.1) is 17.6 Å². The molecule has 1 unspecified atom stereocenters. The molecule has 0 fully saturated rings. The second-order valence-corrected chi connectivity index (χ2v) is 4.33. The first-order valence-electron chi connectivity index (χ1n) is 5.58. The zero-order valence-corrected chi connectivity index (χ0v) is 10.0. The van der Waals surface area contributed by atoms with Gasteiger partial charge in [-0.05, 0) is 24.5 Å². The summed E-state index contributed by atoms with van der Waals surface area (Å²) in [5.41, 5.74) is 5.73. The van der Waals surface area contributed by atoms with Crippen LogP contribution in [0.5, 0.6) is 0 Å². The van der Waals surface area contributed by atoms with Crippen LogP contribution in [0.25, 0.3) is 0 Å². The summed E-state index contributed by atoms with van der Waals surface area (Å²) in [5.74, 6) is -1.74.